The Morgan fingerprint density at radius 1 is 0.667 bits per heavy atom. The number of carbonyl (C=O) groups excluding carboxylic acids is 1. The summed E-state index contributed by atoms with van der Waals surface area (Å²) < 4.78 is 58.5. The van der Waals surface area contributed by atoms with Gasteiger partial charge in [-0.05, 0) is 51.4 Å². The fourth-order valence-corrected chi connectivity index (χ4v) is 7.13. The molecule has 1 aliphatic rings. The van der Waals surface area contributed by atoms with Crippen LogP contribution < -0.4 is 0 Å². The van der Waals surface area contributed by atoms with Crippen LogP contribution in [0.1, 0.15) is 174 Å². The van der Waals surface area contributed by atoms with Crippen molar-refractivity contribution in [2.45, 2.75) is 211 Å². The van der Waals surface area contributed by atoms with Crippen LogP contribution in [0.15, 0.2) is 36.5 Å². The summed E-state index contributed by atoms with van der Waals surface area (Å²) in [7, 11) is -5.05. The van der Waals surface area contributed by atoms with E-state index in [1.807, 2.05) is 0 Å². The molecular weight excluding hydrogens is 753 g/mol. The summed E-state index contributed by atoms with van der Waals surface area (Å²) >= 11 is 0. The molecule has 0 spiro atoms. The van der Waals surface area contributed by atoms with E-state index in [9.17, 15) is 28.5 Å². The molecule has 1 fully saturated rings. The highest BCUT2D eigenvalue weighted by Crippen LogP contribution is 2.26. The molecule has 0 aromatic rings. The van der Waals surface area contributed by atoms with E-state index in [4.69, 9.17) is 23.5 Å². The maximum absolute atomic E-state index is 12.5. The van der Waals surface area contributed by atoms with Crippen molar-refractivity contribution in [1.29, 1.82) is 0 Å². The highest BCUT2D eigenvalue weighted by molar-refractivity contribution is 7.80. The fourth-order valence-electron chi connectivity index (χ4n) is 6.62. The highest BCUT2D eigenvalue weighted by Gasteiger charge is 2.48. The Balaban J connectivity index is 2.19. The normalized spacial score (nSPS) is 21.0. The van der Waals surface area contributed by atoms with Crippen LogP contribution in [0, 0.1) is 0 Å². The molecule has 0 aromatic carbocycles. The largest absolute Gasteiger partial charge is 0.457 e. The lowest BCUT2D eigenvalue weighted by Crippen LogP contribution is -2.60. The summed E-state index contributed by atoms with van der Waals surface area (Å²) in [5.74, 6) is -0.418. The quantitative estimate of drug-likeness (QED) is 0.0201. The zero-order valence-corrected chi connectivity index (χ0v) is 36.2. The summed E-state index contributed by atoms with van der Waals surface area (Å²) in [6, 6.07) is 0. The second kappa shape index (κ2) is 36.2. The molecule has 1 heterocycles. The van der Waals surface area contributed by atoms with Crippen LogP contribution in [0.4, 0.5) is 0 Å². The number of rotatable bonds is 38. The Morgan fingerprint density at radius 2 is 1.16 bits per heavy atom. The summed E-state index contributed by atoms with van der Waals surface area (Å²) in [6.45, 7) is 3.82. The minimum Gasteiger partial charge on any atom is -0.457 e. The molecule has 57 heavy (non-hydrogen) atoms. The zero-order chi connectivity index (χ0) is 41.8. The van der Waals surface area contributed by atoms with Gasteiger partial charge in [0.25, 0.3) is 0 Å². The van der Waals surface area contributed by atoms with Gasteiger partial charge >= 0.3 is 16.4 Å². The Morgan fingerprint density at radius 3 is 1.68 bits per heavy atom. The van der Waals surface area contributed by atoms with Crippen molar-refractivity contribution < 1.29 is 56.2 Å². The second-order valence-electron chi connectivity index (χ2n) is 15.3. The standard InChI is InChI=1S/C44H80O12S/c1-3-5-7-9-10-11-12-13-14-15-16-17-18-19-20-21-22-23-24-25-26-27-28-29-30-32-34-52-36-38(54-40(46)33-31-8-6-4-2)37-53-44-42(48)43(56-57(49,50)51)41(47)39(35-45)55-44/h12-13,15-16,18-19,38-39,41-45,47-48H,3-11,14,17,20-37H2,1-2H3,(H,49,50,51)/b13-12-,16-15-,19-18-. The molecule has 6 atom stereocenters. The number of ether oxygens (including phenoxy) is 4. The van der Waals surface area contributed by atoms with Crippen LogP contribution in [-0.2, 0) is 38.3 Å². The van der Waals surface area contributed by atoms with Crippen LogP contribution in [0.3, 0.4) is 0 Å². The van der Waals surface area contributed by atoms with Crippen molar-refractivity contribution in [2.75, 3.05) is 26.4 Å². The van der Waals surface area contributed by atoms with Gasteiger partial charge < -0.3 is 34.3 Å². The van der Waals surface area contributed by atoms with Crippen molar-refractivity contribution >= 4 is 16.4 Å². The van der Waals surface area contributed by atoms with Gasteiger partial charge in [-0.15, -0.1) is 0 Å². The Labute approximate surface area is 345 Å². The number of aliphatic hydroxyl groups is 3. The Bertz CT molecular complexity index is 1140. The minimum absolute atomic E-state index is 0.0333. The maximum Gasteiger partial charge on any atom is 0.397 e. The highest BCUT2D eigenvalue weighted by atomic mass is 32.3. The van der Waals surface area contributed by atoms with E-state index >= 15 is 0 Å². The van der Waals surface area contributed by atoms with Crippen molar-refractivity contribution in [1.82, 2.24) is 0 Å². The van der Waals surface area contributed by atoms with Crippen molar-refractivity contribution in [2.24, 2.45) is 0 Å². The van der Waals surface area contributed by atoms with Gasteiger partial charge in [0.1, 0.15) is 30.5 Å². The number of aliphatic hydroxyl groups excluding tert-OH is 3. The van der Waals surface area contributed by atoms with Crippen LogP contribution in [0.2, 0.25) is 0 Å². The van der Waals surface area contributed by atoms with E-state index in [2.05, 4.69) is 54.5 Å². The van der Waals surface area contributed by atoms with Gasteiger partial charge in [0.15, 0.2) is 6.29 Å². The van der Waals surface area contributed by atoms with Gasteiger partial charge in [-0.3, -0.25) is 9.35 Å². The first-order valence-corrected chi connectivity index (χ1v) is 23.6. The summed E-state index contributed by atoms with van der Waals surface area (Å²) in [4.78, 5) is 12.5. The third-order valence-electron chi connectivity index (χ3n) is 10.0. The predicted octanol–water partition coefficient (Wildman–Crippen LogP) is 9.02. The summed E-state index contributed by atoms with van der Waals surface area (Å²) in [6.07, 6.45) is 32.7. The second-order valence-corrected chi connectivity index (χ2v) is 16.3. The Hall–Kier alpha value is -1.68. The van der Waals surface area contributed by atoms with E-state index in [-0.39, 0.29) is 19.6 Å². The molecule has 0 bridgehead atoms. The van der Waals surface area contributed by atoms with Gasteiger partial charge in [-0.1, -0.05) is 153 Å². The molecule has 0 saturated carbocycles. The van der Waals surface area contributed by atoms with Crippen LogP contribution in [0.5, 0.6) is 0 Å². The topological polar surface area (TPSA) is 178 Å². The predicted molar refractivity (Wildman–Crippen MR) is 225 cm³/mol. The van der Waals surface area contributed by atoms with Gasteiger partial charge in [0.2, 0.25) is 0 Å². The third-order valence-corrected chi connectivity index (χ3v) is 10.5. The van der Waals surface area contributed by atoms with Gasteiger partial charge in [0, 0.05) is 13.0 Å². The first-order chi connectivity index (χ1) is 27.6. The van der Waals surface area contributed by atoms with Gasteiger partial charge in [-0.25, -0.2) is 4.18 Å². The van der Waals surface area contributed by atoms with Crippen LogP contribution in [0.25, 0.3) is 0 Å². The van der Waals surface area contributed by atoms with Crippen molar-refractivity contribution in [3.05, 3.63) is 36.5 Å². The molecule has 6 unspecified atom stereocenters. The van der Waals surface area contributed by atoms with Crippen LogP contribution >= 0.6 is 0 Å². The first-order valence-electron chi connectivity index (χ1n) is 22.2. The van der Waals surface area contributed by atoms with Crippen LogP contribution in [-0.4, -0.2) is 97.5 Å². The number of carbonyl (C=O) groups is 1. The van der Waals surface area contributed by atoms with E-state index in [0.29, 0.717) is 13.0 Å². The number of hydrogen-bond acceptors (Lipinski definition) is 11. The maximum atomic E-state index is 12.5. The number of esters is 1. The molecule has 1 rings (SSSR count). The lowest BCUT2D eigenvalue weighted by atomic mass is 9.99. The average molecular weight is 833 g/mol. The average Bonchev–Trinajstić information content (AvgIpc) is 3.18. The lowest BCUT2D eigenvalue weighted by Gasteiger charge is -2.41. The van der Waals surface area contributed by atoms with Gasteiger partial charge in [-0.2, -0.15) is 8.42 Å². The molecule has 4 N–H and O–H groups in total. The number of hydrogen-bond donors (Lipinski definition) is 4. The van der Waals surface area contributed by atoms with Crippen molar-refractivity contribution in [3.63, 3.8) is 0 Å². The smallest absolute Gasteiger partial charge is 0.397 e. The molecule has 0 aliphatic carbocycles. The lowest BCUT2D eigenvalue weighted by molar-refractivity contribution is -0.301. The third kappa shape index (κ3) is 30.1. The molecule has 13 heteroatoms. The molecule has 1 saturated heterocycles. The number of unbranched alkanes of at least 4 members (excludes halogenated alkanes) is 19. The zero-order valence-electron chi connectivity index (χ0n) is 35.4. The Kier molecular flexibility index (Phi) is 33.9. The van der Waals surface area contributed by atoms with Crippen molar-refractivity contribution in [3.8, 4) is 0 Å². The summed E-state index contributed by atoms with van der Waals surface area (Å²) in [5, 5.41) is 30.4. The van der Waals surface area contributed by atoms with E-state index in [1.54, 1.807) is 0 Å². The SMILES string of the molecule is CCCCCCC/C=C\C/C=C\C/C=C\CCCCCCCCCCCCCOCC(COC1OC(CO)C(O)C(OS(=O)(=O)O)C1O)OC(=O)CCCCCC. The molecule has 334 valence electrons. The summed E-state index contributed by atoms with van der Waals surface area (Å²) in [5.41, 5.74) is 0. The molecule has 1 aliphatic heterocycles. The van der Waals surface area contributed by atoms with E-state index in [1.165, 1.54) is 96.3 Å². The molecule has 12 nitrogen and oxygen atoms in total. The monoisotopic (exact) mass is 833 g/mol. The van der Waals surface area contributed by atoms with Gasteiger partial charge in [0.05, 0.1) is 19.8 Å². The molecule has 0 aromatic heterocycles. The molecule has 0 amide bonds. The fraction of sp³-hybridized carbons (Fsp3) is 0.841. The molecular formula is C44H80O12S. The minimum atomic E-state index is -5.05. The van der Waals surface area contributed by atoms with E-state index in [0.717, 1.165) is 51.4 Å². The van der Waals surface area contributed by atoms with E-state index < -0.39 is 59.8 Å². The first kappa shape index (κ1) is 53.3. The number of allylic oxidation sites excluding steroid dienone is 6. The molecule has 0 radical (unpaired) electrons.